The third-order valence-corrected chi connectivity index (χ3v) is 3.77. The van der Waals surface area contributed by atoms with E-state index in [-0.39, 0.29) is 5.91 Å². The average Bonchev–Trinajstić information content (AvgIpc) is 3.00. The van der Waals surface area contributed by atoms with Gasteiger partial charge >= 0.3 is 0 Å². The largest absolute Gasteiger partial charge is 0.336 e. The number of amides is 1. The summed E-state index contributed by atoms with van der Waals surface area (Å²) in [4.78, 5) is 18.4. The first kappa shape index (κ1) is 13.8. The molecule has 0 saturated carbocycles. The lowest BCUT2D eigenvalue weighted by molar-refractivity contribution is 0.0709. The molecular weight excluding hydrogens is 266 g/mol. The fourth-order valence-corrected chi connectivity index (χ4v) is 2.68. The Morgan fingerprint density at radius 1 is 1.43 bits per heavy atom. The zero-order valence-corrected chi connectivity index (χ0v) is 12.3. The Balaban J connectivity index is 1.83. The third-order valence-electron chi connectivity index (χ3n) is 3.77. The fraction of sp³-hybridized carbons (Fsp3) is 0.400. The van der Waals surface area contributed by atoms with Gasteiger partial charge in [-0.05, 0) is 37.6 Å². The molecule has 0 spiro atoms. The summed E-state index contributed by atoms with van der Waals surface area (Å²) in [7, 11) is 0. The minimum Gasteiger partial charge on any atom is -0.336 e. The summed E-state index contributed by atoms with van der Waals surface area (Å²) >= 11 is 0. The lowest BCUT2D eigenvalue weighted by atomic mass is 10.1. The molecule has 1 aromatic heterocycles. The van der Waals surface area contributed by atoms with Crippen LogP contribution in [0.1, 0.15) is 22.8 Å². The number of rotatable bonds is 2. The van der Waals surface area contributed by atoms with E-state index < -0.39 is 0 Å². The molecule has 2 heterocycles. The number of hydrogen-bond acceptors (Lipinski definition) is 4. The Labute approximate surface area is 123 Å². The van der Waals surface area contributed by atoms with E-state index in [4.69, 9.17) is 0 Å². The molecule has 2 aromatic rings. The van der Waals surface area contributed by atoms with Crippen molar-refractivity contribution in [2.45, 2.75) is 19.9 Å². The van der Waals surface area contributed by atoms with E-state index in [9.17, 15) is 4.79 Å². The number of carbonyl (C=O) groups excluding carboxylic acids is 1. The molecule has 1 N–H and O–H groups in total. The first-order valence-electron chi connectivity index (χ1n) is 7.13. The van der Waals surface area contributed by atoms with E-state index in [1.807, 2.05) is 30.0 Å². The quantitative estimate of drug-likeness (QED) is 0.894. The summed E-state index contributed by atoms with van der Waals surface area (Å²) in [6.45, 7) is 6.44. The van der Waals surface area contributed by atoms with E-state index in [0.29, 0.717) is 6.04 Å². The Morgan fingerprint density at radius 3 is 2.95 bits per heavy atom. The van der Waals surface area contributed by atoms with Gasteiger partial charge in [0.15, 0.2) is 0 Å². The average molecular weight is 285 g/mol. The minimum absolute atomic E-state index is 0.0941. The predicted octanol–water partition coefficient (Wildman–Crippen LogP) is 1.01. The van der Waals surface area contributed by atoms with E-state index in [1.54, 1.807) is 11.0 Å². The molecule has 0 unspecified atom stereocenters. The summed E-state index contributed by atoms with van der Waals surface area (Å²) in [6, 6.07) is 6.05. The number of carbonyl (C=O) groups is 1. The second-order valence-corrected chi connectivity index (χ2v) is 5.45. The van der Waals surface area contributed by atoms with Crippen LogP contribution in [0.3, 0.4) is 0 Å². The third kappa shape index (κ3) is 2.80. The summed E-state index contributed by atoms with van der Waals surface area (Å²) in [5.74, 6) is 0.0941. The highest BCUT2D eigenvalue weighted by molar-refractivity contribution is 5.94. The van der Waals surface area contributed by atoms with Crippen LogP contribution < -0.4 is 5.32 Å². The monoisotopic (exact) mass is 285 g/mol. The number of nitrogens with one attached hydrogen (secondary N) is 1. The maximum Gasteiger partial charge on any atom is 0.253 e. The van der Waals surface area contributed by atoms with Crippen molar-refractivity contribution < 1.29 is 4.79 Å². The second kappa shape index (κ2) is 5.65. The number of piperazine rings is 1. The van der Waals surface area contributed by atoms with Gasteiger partial charge in [0.1, 0.15) is 12.7 Å². The van der Waals surface area contributed by atoms with Gasteiger partial charge < -0.3 is 10.2 Å². The number of aryl methyl sites for hydroxylation is 1. The van der Waals surface area contributed by atoms with Crippen LogP contribution >= 0.6 is 0 Å². The fourth-order valence-electron chi connectivity index (χ4n) is 2.68. The molecule has 6 heteroatoms. The van der Waals surface area contributed by atoms with Crippen molar-refractivity contribution in [3.8, 4) is 5.69 Å². The summed E-state index contributed by atoms with van der Waals surface area (Å²) < 4.78 is 1.70. The van der Waals surface area contributed by atoms with Crippen LogP contribution in [-0.4, -0.2) is 51.2 Å². The molecule has 1 fully saturated rings. The molecule has 1 atom stereocenters. The van der Waals surface area contributed by atoms with Gasteiger partial charge in [0.2, 0.25) is 0 Å². The van der Waals surface area contributed by atoms with Gasteiger partial charge in [0.25, 0.3) is 5.91 Å². The van der Waals surface area contributed by atoms with Gasteiger partial charge in [-0.15, -0.1) is 0 Å². The molecule has 110 valence electrons. The molecule has 3 rings (SSSR count). The van der Waals surface area contributed by atoms with E-state index in [2.05, 4.69) is 22.3 Å². The van der Waals surface area contributed by atoms with Crippen molar-refractivity contribution in [2.75, 3.05) is 19.6 Å². The summed E-state index contributed by atoms with van der Waals surface area (Å²) in [5.41, 5.74) is 2.68. The van der Waals surface area contributed by atoms with Crippen molar-refractivity contribution in [3.05, 3.63) is 42.0 Å². The predicted molar refractivity (Wildman–Crippen MR) is 79.5 cm³/mol. The molecule has 1 aliphatic heterocycles. The van der Waals surface area contributed by atoms with Crippen LogP contribution in [-0.2, 0) is 0 Å². The van der Waals surface area contributed by atoms with Gasteiger partial charge in [-0.1, -0.05) is 0 Å². The van der Waals surface area contributed by atoms with Crippen molar-refractivity contribution in [1.82, 2.24) is 25.0 Å². The van der Waals surface area contributed by atoms with Crippen LogP contribution in [0.25, 0.3) is 5.69 Å². The highest BCUT2D eigenvalue weighted by atomic mass is 16.2. The number of aromatic nitrogens is 3. The van der Waals surface area contributed by atoms with Crippen LogP contribution in [0.2, 0.25) is 0 Å². The Kier molecular flexibility index (Phi) is 3.70. The molecule has 0 aliphatic carbocycles. The first-order chi connectivity index (χ1) is 10.1. The smallest absolute Gasteiger partial charge is 0.253 e. The highest BCUT2D eigenvalue weighted by Crippen LogP contribution is 2.16. The Hall–Kier alpha value is -2.21. The highest BCUT2D eigenvalue weighted by Gasteiger charge is 2.22. The van der Waals surface area contributed by atoms with Gasteiger partial charge in [0, 0.05) is 31.2 Å². The SMILES string of the molecule is Cc1cc(C(=O)N2CCN[C@H](C)C2)ccc1-n1cncn1. The lowest BCUT2D eigenvalue weighted by Gasteiger charge is -2.32. The molecule has 1 amide bonds. The molecule has 0 radical (unpaired) electrons. The molecule has 1 aromatic carbocycles. The van der Waals surface area contributed by atoms with Gasteiger partial charge in [0.05, 0.1) is 5.69 Å². The molecule has 6 nitrogen and oxygen atoms in total. The van der Waals surface area contributed by atoms with Crippen molar-refractivity contribution >= 4 is 5.91 Å². The van der Waals surface area contributed by atoms with Gasteiger partial charge in [-0.2, -0.15) is 5.10 Å². The molecule has 1 aliphatic rings. The first-order valence-corrected chi connectivity index (χ1v) is 7.13. The van der Waals surface area contributed by atoms with Crippen molar-refractivity contribution in [3.63, 3.8) is 0 Å². The number of nitrogens with zero attached hydrogens (tertiary/aromatic N) is 4. The van der Waals surface area contributed by atoms with Crippen LogP contribution in [0, 0.1) is 6.92 Å². The zero-order valence-electron chi connectivity index (χ0n) is 12.3. The second-order valence-electron chi connectivity index (χ2n) is 5.45. The Morgan fingerprint density at radius 2 is 2.29 bits per heavy atom. The van der Waals surface area contributed by atoms with E-state index in [1.165, 1.54) is 6.33 Å². The number of hydrogen-bond donors (Lipinski definition) is 1. The Bertz CT molecular complexity index is 638. The maximum atomic E-state index is 12.6. The molecule has 0 bridgehead atoms. The maximum absolute atomic E-state index is 12.6. The van der Waals surface area contributed by atoms with Gasteiger partial charge in [-0.3, -0.25) is 4.79 Å². The molecular formula is C15H19N5O. The molecule has 1 saturated heterocycles. The lowest BCUT2D eigenvalue weighted by Crippen LogP contribution is -2.51. The minimum atomic E-state index is 0.0941. The normalized spacial score (nSPS) is 18.8. The van der Waals surface area contributed by atoms with Crippen molar-refractivity contribution in [2.24, 2.45) is 0 Å². The van der Waals surface area contributed by atoms with Gasteiger partial charge in [-0.25, -0.2) is 9.67 Å². The summed E-state index contributed by atoms with van der Waals surface area (Å²) in [6.07, 6.45) is 3.16. The van der Waals surface area contributed by atoms with Crippen LogP contribution in [0.4, 0.5) is 0 Å². The zero-order chi connectivity index (χ0) is 14.8. The molecule has 21 heavy (non-hydrogen) atoms. The van der Waals surface area contributed by atoms with Crippen LogP contribution in [0.5, 0.6) is 0 Å². The standard InChI is InChI=1S/C15H19N5O/c1-11-7-13(3-4-14(11)20-10-16-9-18-20)15(21)19-6-5-17-12(2)8-19/h3-4,7,9-10,12,17H,5-6,8H2,1-2H3/t12-/m1/s1. The van der Waals surface area contributed by atoms with Crippen LogP contribution in [0.15, 0.2) is 30.9 Å². The van der Waals surface area contributed by atoms with E-state index in [0.717, 1.165) is 36.4 Å². The topological polar surface area (TPSA) is 63.1 Å². The van der Waals surface area contributed by atoms with E-state index >= 15 is 0 Å². The number of benzene rings is 1. The summed E-state index contributed by atoms with van der Waals surface area (Å²) in [5, 5.41) is 7.47. The van der Waals surface area contributed by atoms with Crippen molar-refractivity contribution in [1.29, 1.82) is 0 Å².